The second kappa shape index (κ2) is 7.76. The van der Waals surface area contributed by atoms with Crippen molar-refractivity contribution in [3.05, 3.63) is 65.4 Å². The number of rotatable bonds is 6. The van der Waals surface area contributed by atoms with E-state index in [1.54, 1.807) is 6.07 Å². The SMILES string of the molecule is O=C(/C=C/c1ccc(O)c(O)c1)OCCc1c[nH]c2ccc(CO)cc12. The van der Waals surface area contributed by atoms with Crippen LogP contribution in [-0.4, -0.2) is 32.9 Å². The van der Waals surface area contributed by atoms with Crippen LogP contribution in [0.1, 0.15) is 16.7 Å². The highest BCUT2D eigenvalue weighted by Crippen LogP contribution is 2.25. The number of aliphatic hydroxyl groups is 1. The predicted molar refractivity (Wildman–Crippen MR) is 97.7 cm³/mol. The predicted octanol–water partition coefficient (Wildman–Crippen LogP) is 2.87. The highest BCUT2D eigenvalue weighted by molar-refractivity contribution is 5.87. The van der Waals surface area contributed by atoms with Crippen LogP contribution in [0.3, 0.4) is 0 Å². The number of aromatic hydroxyl groups is 2. The number of esters is 1. The van der Waals surface area contributed by atoms with Crippen molar-refractivity contribution in [3.8, 4) is 11.5 Å². The summed E-state index contributed by atoms with van der Waals surface area (Å²) in [5.74, 6) is -0.955. The number of carbonyl (C=O) groups excluding carboxylic acids is 1. The quantitative estimate of drug-likeness (QED) is 0.310. The van der Waals surface area contributed by atoms with Gasteiger partial charge in [0.1, 0.15) is 0 Å². The van der Waals surface area contributed by atoms with Gasteiger partial charge < -0.3 is 25.0 Å². The summed E-state index contributed by atoms with van der Waals surface area (Å²) in [7, 11) is 0. The Morgan fingerprint density at radius 2 is 1.96 bits per heavy atom. The maximum Gasteiger partial charge on any atom is 0.330 e. The molecule has 0 amide bonds. The van der Waals surface area contributed by atoms with Crippen LogP contribution >= 0.6 is 0 Å². The number of phenolic OH excluding ortho intramolecular Hbond substituents is 2. The zero-order valence-corrected chi connectivity index (χ0v) is 14.0. The fourth-order valence-electron chi connectivity index (χ4n) is 2.65. The first-order valence-corrected chi connectivity index (χ1v) is 8.13. The Balaban J connectivity index is 1.56. The lowest BCUT2D eigenvalue weighted by Crippen LogP contribution is -2.04. The molecule has 0 atom stereocenters. The first-order valence-electron chi connectivity index (χ1n) is 8.13. The van der Waals surface area contributed by atoms with E-state index in [0.717, 1.165) is 22.0 Å². The molecule has 0 unspecified atom stereocenters. The summed E-state index contributed by atoms with van der Waals surface area (Å²) in [5.41, 5.74) is 3.38. The van der Waals surface area contributed by atoms with Gasteiger partial charge in [0.2, 0.25) is 0 Å². The van der Waals surface area contributed by atoms with Crippen molar-refractivity contribution in [3.63, 3.8) is 0 Å². The van der Waals surface area contributed by atoms with Gasteiger partial charge in [-0.05, 0) is 47.0 Å². The molecule has 0 aliphatic rings. The molecule has 6 heteroatoms. The van der Waals surface area contributed by atoms with Gasteiger partial charge in [-0.25, -0.2) is 4.79 Å². The maximum atomic E-state index is 11.8. The molecule has 1 aromatic heterocycles. The van der Waals surface area contributed by atoms with E-state index in [-0.39, 0.29) is 24.7 Å². The Morgan fingerprint density at radius 1 is 1.12 bits per heavy atom. The number of benzene rings is 2. The number of phenols is 2. The minimum absolute atomic E-state index is 0.0207. The Labute approximate surface area is 150 Å². The number of nitrogens with one attached hydrogen (secondary N) is 1. The van der Waals surface area contributed by atoms with Crippen LogP contribution in [0.4, 0.5) is 0 Å². The van der Waals surface area contributed by atoms with E-state index in [1.165, 1.54) is 24.3 Å². The van der Waals surface area contributed by atoms with Gasteiger partial charge in [-0.3, -0.25) is 0 Å². The zero-order chi connectivity index (χ0) is 18.5. The minimum Gasteiger partial charge on any atom is -0.504 e. The Morgan fingerprint density at radius 3 is 2.73 bits per heavy atom. The number of carbonyl (C=O) groups is 1. The van der Waals surface area contributed by atoms with E-state index in [4.69, 9.17) is 4.74 Å². The van der Waals surface area contributed by atoms with Crippen molar-refractivity contribution < 1.29 is 24.9 Å². The molecule has 2 aromatic carbocycles. The van der Waals surface area contributed by atoms with E-state index in [0.29, 0.717) is 12.0 Å². The number of fused-ring (bicyclic) bond motifs is 1. The molecule has 0 aliphatic carbocycles. The molecule has 0 spiro atoms. The highest BCUT2D eigenvalue weighted by atomic mass is 16.5. The summed E-state index contributed by atoms with van der Waals surface area (Å²) in [6, 6.07) is 9.95. The van der Waals surface area contributed by atoms with Gasteiger partial charge in [0.05, 0.1) is 13.2 Å². The Kier molecular flexibility index (Phi) is 5.24. The summed E-state index contributed by atoms with van der Waals surface area (Å²) < 4.78 is 5.20. The number of hydrogen-bond acceptors (Lipinski definition) is 5. The lowest BCUT2D eigenvalue weighted by atomic mass is 10.1. The highest BCUT2D eigenvalue weighted by Gasteiger charge is 2.06. The molecule has 1 heterocycles. The molecule has 26 heavy (non-hydrogen) atoms. The van der Waals surface area contributed by atoms with Crippen molar-refractivity contribution in [2.75, 3.05) is 6.61 Å². The summed E-state index contributed by atoms with van der Waals surface area (Å²) in [6.45, 7) is 0.202. The fourth-order valence-corrected chi connectivity index (χ4v) is 2.65. The number of aromatic nitrogens is 1. The molecule has 3 rings (SSSR count). The van der Waals surface area contributed by atoms with Crippen LogP contribution in [-0.2, 0) is 22.6 Å². The smallest absolute Gasteiger partial charge is 0.330 e. The molecule has 0 saturated carbocycles. The third kappa shape index (κ3) is 4.04. The topological polar surface area (TPSA) is 103 Å². The van der Waals surface area contributed by atoms with Gasteiger partial charge in [-0.15, -0.1) is 0 Å². The number of aliphatic hydroxyl groups excluding tert-OH is 1. The number of ether oxygens (including phenoxy) is 1. The Hall–Kier alpha value is -3.25. The van der Waals surface area contributed by atoms with Gasteiger partial charge >= 0.3 is 5.97 Å². The van der Waals surface area contributed by atoms with Crippen LogP contribution in [0.2, 0.25) is 0 Å². The van der Waals surface area contributed by atoms with E-state index in [1.807, 2.05) is 24.4 Å². The van der Waals surface area contributed by atoms with Gasteiger partial charge in [-0.1, -0.05) is 12.1 Å². The monoisotopic (exact) mass is 353 g/mol. The van der Waals surface area contributed by atoms with Crippen LogP contribution in [0.25, 0.3) is 17.0 Å². The summed E-state index contributed by atoms with van der Waals surface area (Å²) in [5, 5.41) is 28.9. The van der Waals surface area contributed by atoms with Gasteiger partial charge in [0, 0.05) is 29.6 Å². The van der Waals surface area contributed by atoms with Crippen molar-refractivity contribution >= 4 is 22.9 Å². The van der Waals surface area contributed by atoms with Crippen molar-refractivity contribution in [2.45, 2.75) is 13.0 Å². The van der Waals surface area contributed by atoms with Crippen molar-refractivity contribution in [1.82, 2.24) is 4.98 Å². The number of hydrogen-bond donors (Lipinski definition) is 4. The van der Waals surface area contributed by atoms with E-state index in [9.17, 15) is 20.1 Å². The van der Waals surface area contributed by atoms with Crippen LogP contribution in [0.5, 0.6) is 11.5 Å². The van der Waals surface area contributed by atoms with E-state index >= 15 is 0 Å². The standard InChI is InChI=1S/C20H19NO5/c22-12-14-1-4-17-16(9-14)15(11-21-17)7-8-26-20(25)6-3-13-2-5-18(23)19(24)10-13/h1-6,9-11,21-24H,7-8,12H2/b6-3+. The molecule has 0 fully saturated rings. The summed E-state index contributed by atoms with van der Waals surface area (Å²) >= 11 is 0. The molecule has 0 radical (unpaired) electrons. The molecule has 6 nitrogen and oxygen atoms in total. The van der Waals surface area contributed by atoms with E-state index in [2.05, 4.69) is 4.98 Å². The third-order valence-corrected chi connectivity index (χ3v) is 4.04. The average molecular weight is 353 g/mol. The molecule has 0 bridgehead atoms. The first kappa shape index (κ1) is 17.6. The first-order chi connectivity index (χ1) is 12.6. The normalized spacial score (nSPS) is 11.3. The van der Waals surface area contributed by atoms with Crippen LogP contribution < -0.4 is 0 Å². The molecule has 0 aliphatic heterocycles. The second-order valence-electron chi connectivity index (χ2n) is 5.85. The lowest BCUT2D eigenvalue weighted by Gasteiger charge is -2.03. The average Bonchev–Trinajstić information content (AvgIpc) is 3.05. The van der Waals surface area contributed by atoms with Gasteiger partial charge in [0.25, 0.3) is 0 Å². The molecule has 4 N–H and O–H groups in total. The Bertz CT molecular complexity index is 958. The minimum atomic E-state index is -0.492. The summed E-state index contributed by atoms with van der Waals surface area (Å²) in [6.07, 6.45) is 5.19. The number of aromatic amines is 1. The molecule has 0 saturated heterocycles. The van der Waals surface area contributed by atoms with Crippen LogP contribution in [0.15, 0.2) is 48.7 Å². The number of H-pyrrole nitrogens is 1. The van der Waals surface area contributed by atoms with Gasteiger partial charge in [-0.2, -0.15) is 0 Å². The lowest BCUT2D eigenvalue weighted by molar-refractivity contribution is -0.137. The molecule has 3 aromatic rings. The van der Waals surface area contributed by atoms with E-state index < -0.39 is 5.97 Å². The maximum absolute atomic E-state index is 11.8. The zero-order valence-electron chi connectivity index (χ0n) is 14.0. The molecule has 134 valence electrons. The van der Waals surface area contributed by atoms with Crippen LogP contribution in [0, 0.1) is 0 Å². The molecular weight excluding hydrogens is 334 g/mol. The molecular formula is C20H19NO5. The third-order valence-electron chi connectivity index (χ3n) is 4.04. The fraction of sp³-hybridized carbons (Fsp3) is 0.150. The van der Waals surface area contributed by atoms with Gasteiger partial charge in [0.15, 0.2) is 11.5 Å². The van der Waals surface area contributed by atoms with Crippen molar-refractivity contribution in [2.24, 2.45) is 0 Å². The summed E-state index contributed by atoms with van der Waals surface area (Å²) in [4.78, 5) is 15.0. The van der Waals surface area contributed by atoms with Crippen molar-refractivity contribution in [1.29, 1.82) is 0 Å². The second-order valence-corrected chi connectivity index (χ2v) is 5.85. The largest absolute Gasteiger partial charge is 0.504 e.